The monoisotopic (exact) mass is 178 g/mol. The number of carboxylic acids is 1. The van der Waals surface area contributed by atoms with Crippen LogP contribution >= 0.6 is 8.03 Å². The van der Waals surface area contributed by atoms with Crippen molar-refractivity contribution in [3.05, 3.63) is 12.2 Å². The molecule has 2 N–H and O–H groups in total. The number of aliphatic carboxylic acids is 1. The zero-order valence-electron chi connectivity index (χ0n) is 5.99. The Hall–Kier alpha value is -0.600. The van der Waals surface area contributed by atoms with E-state index < -0.39 is 14.0 Å². The van der Waals surface area contributed by atoms with Gasteiger partial charge in [0, 0.05) is 12.6 Å². The summed E-state index contributed by atoms with van der Waals surface area (Å²) in [6.45, 7) is 0. The summed E-state index contributed by atoms with van der Waals surface area (Å²) in [5.74, 6) is -0.855. The van der Waals surface area contributed by atoms with Gasteiger partial charge in [0.1, 0.15) is 0 Å². The van der Waals surface area contributed by atoms with Crippen LogP contribution in [0.4, 0.5) is 0 Å². The number of hydrogen-bond donors (Lipinski definition) is 2. The summed E-state index contributed by atoms with van der Waals surface area (Å²) >= 11 is 0. The lowest BCUT2D eigenvalue weighted by atomic mass is 10.3. The molecule has 64 valence electrons. The van der Waals surface area contributed by atoms with Crippen LogP contribution in [0.3, 0.4) is 0 Å². The van der Waals surface area contributed by atoms with Crippen molar-refractivity contribution in [2.75, 3.05) is 6.16 Å². The summed E-state index contributed by atoms with van der Waals surface area (Å²) in [7, 11) is -2.42. The van der Waals surface area contributed by atoms with E-state index in [2.05, 4.69) is 0 Å². The van der Waals surface area contributed by atoms with E-state index in [0.29, 0.717) is 6.42 Å². The average molecular weight is 178 g/mol. The van der Waals surface area contributed by atoms with Crippen LogP contribution in [0.1, 0.15) is 12.8 Å². The molecule has 11 heavy (non-hydrogen) atoms. The van der Waals surface area contributed by atoms with Crippen molar-refractivity contribution < 1.29 is 19.4 Å². The van der Waals surface area contributed by atoms with Crippen LogP contribution < -0.4 is 0 Å². The van der Waals surface area contributed by atoms with Gasteiger partial charge in [-0.15, -0.1) is 0 Å². The molecule has 5 heteroatoms. The molecule has 0 aromatic heterocycles. The van der Waals surface area contributed by atoms with Gasteiger partial charge in [-0.1, -0.05) is 12.2 Å². The summed E-state index contributed by atoms with van der Waals surface area (Å²) in [6, 6.07) is 0. The van der Waals surface area contributed by atoms with Crippen molar-refractivity contribution in [3.63, 3.8) is 0 Å². The standard InChI is InChI=1S/C6H11O4P/c7-6(8)4-2-1-3-5-11(9)10/h1,3,11H,2,4-5H2,(H,7,8)(H,9,10). The maximum Gasteiger partial charge on any atom is 0.303 e. The van der Waals surface area contributed by atoms with Crippen LogP contribution in [0.25, 0.3) is 0 Å². The molecule has 0 aliphatic carbocycles. The highest BCUT2D eigenvalue weighted by Gasteiger charge is 1.91. The average Bonchev–Trinajstić information content (AvgIpc) is 1.85. The Morgan fingerprint density at radius 3 is 2.55 bits per heavy atom. The highest BCUT2D eigenvalue weighted by Crippen LogP contribution is 2.11. The first-order valence-electron chi connectivity index (χ1n) is 3.21. The van der Waals surface area contributed by atoms with E-state index in [1.165, 1.54) is 6.08 Å². The maximum atomic E-state index is 10.1. The predicted octanol–water partition coefficient (Wildman–Crippen LogP) is 0.874. The molecular weight excluding hydrogens is 167 g/mol. The SMILES string of the molecule is O=C(O)CCC=CC[PH](=O)O. The van der Waals surface area contributed by atoms with Crippen molar-refractivity contribution in [3.8, 4) is 0 Å². The Morgan fingerprint density at radius 1 is 1.45 bits per heavy atom. The fraction of sp³-hybridized carbons (Fsp3) is 0.500. The third-order valence-corrected chi connectivity index (χ3v) is 1.57. The van der Waals surface area contributed by atoms with E-state index in [1.54, 1.807) is 6.08 Å². The minimum Gasteiger partial charge on any atom is -0.481 e. The number of carbonyl (C=O) groups is 1. The predicted molar refractivity (Wildman–Crippen MR) is 42.1 cm³/mol. The van der Waals surface area contributed by atoms with Gasteiger partial charge >= 0.3 is 5.97 Å². The van der Waals surface area contributed by atoms with Crippen LogP contribution in [-0.4, -0.2) is 22.1 Å². The topological polar surface area (TPSA) is 74.6 Å². The normalized spacial score (nSPS) is 13.5. The van der Waals surface area contributed by atoms with Crippen LogP contribution in [0, 0.1) is 0 Å². The molecule has 0 fully saturated rings. The summed E-state index contributed by atoms with van der Waals surface area (Å²) in [5, 5.41) is 8.18. The fourth-order valence-electron chi connectivity index (χ4n) is 0.509. The lowest BCUT2D eigenvalue weighted by Crippen LogP contribution is -1.91. The minimum absolute atomic E-state index is 0.0723. The van der Waals surface area contributed by atoms with Gasteiger partial charge in [-0.05, 0) is 6.42 Å². The summed E-state index contributed by atoms with van der Waals surface area (Å²) < 4.78 is 10.1. The van der Waals surface area contributed by atoms with E-state index in [9.17, 15) is 9.36 Å². The summed E-state index contributed by atoms with van der Waals surface area (Å²) in [5.41, 5.74) is 0. The smallest absolute Gasteiger partial charge is 0.303 e. The Kier molecular flexibility index (Phi) is 5.80. The third-order valence-electron chi connectivity index (χ3n) is 0.984. The van der Waals surface area contributed by atoms with Gasteiger partial charge in [0.15, 0.2) is 8.03 Å². The second kappa shape index (κ2) is 6.13. The molecular formula is C6H11O4P. The highest BCUT2D eigenvalue weighted by molar-refractivity contribution is 7.38. The van der Waals surface area contributed by atoms with Gasteiger partial charge in [0.25, 0.3) is 0 Å². The lowest BCUT2D eigenvalue weighted by Gasteiger charge is -1.87. The Morgan fingerprint density at radius 2 is 2.09 bits per heavy atom. The second-order valence-electron chi connectivity index (χ2n) is 2.00. The van der Waals surface area contributed by atoms with Crippen molar-refractivity contribution in [1.82, 2.24) is 0 Å². The molecule has 0 aliphatic heterocycles. The molecule has 0 aromatic carbocycles. The molecule has 0 spiro atoms. The van der Waals surface area contributed by atoms with Gasteiger partial charge < -0.3 is 10.00 Å². The molecule has 0 bridgehead atoms. The molecule has 0 radical (unpaired) electrons. The molecule has 0 rings (SSSR count). The van der Waals surface area contributed by atoms with E-state index in [4.69, 9.17) is 10.00 Å². The fourth-order valence-corrected chi connectivity index (χ4v) is 0.877. The molecule has 0 aromatic rings. The minimum atomic E-state index is -2.42. The van der Waals surface area contributed by atoms with Gasteiger partial charge in [0.2, 0.25) is 0 Å². The molecule has 0 aliphatic rings. The van der Waals surface area contributed by atoms with Gasteiger partial charge in [0.05, 0.1) is 0 Å². The van der Waals surface area contributed by atoms with Crippen LogP contribution in [0.2, 0.25) is 0 Å². The van der Waals surface area contributed by atoms with E-state index >= 15 is 0 Å². The second-order valence-corrected chi connectivity index (χ2v) is 3.20. The zero-order chi connectivity index (χ0) is 8.69. The van der Waals surface area contributed by atoms with E-state index in [-0.39, 0.29) is 12.6 Å². The first-order chi connectivity index (χ1) is 5.13. The van der Waals surface area contributed by atoms with Crippen LogP contribution in [0.15, 0.2) is 12.2 Å². The molecule has 1 unspecified atom stereocenters. The van der Waals surface area contributed by atoms with Crippen molar-refractivity contribution in [2.24, 2.45) is 0 Å². The van der Waals surface area contributed by atoms with Gasteiger partial charge in [-0.2, -0.15) is 0 Å². The van der Waals surface area contributed by atoms with Crippen molar-refractivity contribution in [2.45, 2.75) is 12.8 Å². The first-order valence-corrected chi connectivity index (χ1v) is 4.77. The van der Waals surface area contributed by atoms with Gasteiger partial charge in [-0.3, -0.25) is 9.36 Å². The third kappa shape index (κ3) is 9.40. The quantitative estimate of drug-likeness (QED) is 0.484. The van der Waals surface area contributed by atoms with Gasteiger partial charge in [-0.25, -0.2) is 0 Å². The number of hydrogen-bond acceptors (Lipinski definition) is 2. The van der Waals surface area contributed by atoms with Crippen LogP contribution in [-0.2, 0) is 9.36 Å². The highest BCUT2D eigenvalue weighted by atomic mass is 31.1. The largest absolute Gasteiger partial charge is 0.481 e. The zero-order valence-corrected chi connectivity index (χ0v) is 6.99. The number of allylic oxidation sites excluding steroid dienone is 2. The molecule has 1 atom stereocenters. The first kappa shape index (κ1) is 10.4. The molecule has 4 nitrogen and oxygen atoms in total. The Labute approximate surface area is 65.4 Å². The Bertz CT molecular complexity index is 175. The molecule has 0 amide bonds. The van der Waals surface area contributed by atoms with Crippen LogP contribution in [0.5, 0.6) is 0 Å². The van der Waals surface area contributed by atoms with Crippen molar-refractivity contribution >= 4 is 14.0 Å². The molecule has 0 saturated heterocycles. The Balaban J connectivity index is 3.30. The van der Waals surface area contributed by atoms with E-state index in [1.807, 2.05) is 0 Å². The van der Waals surface area contributed by atoms with E-state index in [0.717, 1.165) is 0 Å². The summed E-state index contributed by atoms with van der Waals surface area (Å²) in [4.78, 5) is 18.3. The summed E-state index contributed by atoms with van der Waals surface area (Å²) in [6.07, 6.45) is 3.77. The number of carboxylic acid groups (broad SMARTS) is 1. The molecule has 0 saturated carbocycles. The lowest BCUT2D eigenvalue weighted by molar-refractivity contribution is -0.136. The number of rotatable bonds is 5. The molecule has 0 heterocycles. The maximum absolute atomic E-state index is 10.1. The van der Waals surface area contributed by atoms with Crippen molar-refractivity contribution in [1.29, 1.82) is 0 Å².